The Balaban J connectivity index is 1.93. The van der Waals surface area contributed by atoms with Crippen molar-refractivity contribution >= 4 is 5.57 Å². The quantitative estimate of drug-likeness (QED) is 0.738. The van der Waals surface area contributed by atoms with Crippen molar-refractivity contribution in [3.05, 3.63) is 35.7 Å². The Morgan fingerprint density at radius 1 is 1.47 bits per heavy atom. The fraction of sp³-hybridized carbons (Fsp3) is 0.333. The van der Waals surface area contributed by atoms with Crippen LogP contribution in [0.15, 0.2) is 24.5 Å². The number of hydrogen-bond acceptors (Lipinski definition) is 3. The summed E-state index contributed by atoms with van der Waals surface area (Å²) in [4.78, 5) is 4.09. The van der Waals surface area contributed by atoms with Crippen molar-refractivity contribution in [2.75, 3.05) is 6.54 Å². The molecule has 2 aliphatic rings. The van der Waals surface area contributed by atoms with Crippen LogP contribution in [0.1, 0.15) is 17.5 Å². The molecule has 2 atom stereocenters. The summed E-state index contributed by atoms with van der Waals surface area (Å²) in [6.45, 7) is 1.12. The minimum atomic E-state index is 0.561. The van der Waals surface area contributed by atoms with Crippen molar-refractivity contribution in [3.8, 4) is 6.07 Å². The van der Waals surface area contributed by atoms with Crippen molar-refractivity contribution in [1.82, 2.24) is 10.3 Å². The van der Waals surface area contributed by atoms with E-state index in [1.165, 1.54) is 5.57 Å². The number of aromatic nitrogens is 1. The van der Waals surface area contributed by atoms with E-state index in [2.05, 4.69) is 22.4 Å². The number of pyridine rings is 1. The molecule has 0 radical (unpaired) electrons. The predicted molar refractivity (Wildman–Crippen MR) is 56.8 cm³/mol. The second-order valence-electron chi connectivity index (χ2n) is 4.16. The van der Waals surface area contributed by atoms with Gasteiger partial charge < -0.3 is 5.32 Å². The topological polar surface area (TPSA) is 48.7 Å². The van der Waals surface area contributed by atoms with Crippen LogP contribution in [-0.4, -0.2) is 17.6 Å². The number of fused-ring (bicyclic) bond motifs is 1. The number of nitriles is 1. The van der Waals surface area contributed by atoms with Crippen LogP contribution in [0.5, 0.6) is 0 Å². The lowest BCUT2D eigenvalue weighted by Crippen LogP contribution is -2.49. The minimum Gasteiger partial charge on any atom is -0.310 e. The summed E-state index contributed by atoms with van der Waals surface area (Å²) in [5.41, 5.74) is 3.07. The molecule has 3 heteroatoms. The molecule has 74 valence electrons. The van der Waals surface area contributed by atoms with E-state index in [-0.39, 0.29) is 0 Å². The standard InChI is InChI=1S/C12H11N3/c13-4-8-1-10(6-14-5-8)9-2-11-7-15-12(11)3-9/h1,3,5-6,11-12,15H,2,7H2. The van der Waals surface area contributed by atoms with E-state index in [0.29, 0.717) is 11.6 Å². The fourth-order valence-corrected chi connectivity index (χ4v) is 2.27. The molecular formula is C12H11N3. The molecule has 15 heavy (non-hydrogen) atoms. The van der Waals surface area contributed by atoms with Gasteiger partial charge in [-0.1, -0.05) is 6.08 Å². The minimum absolute atomic E-state index is 0.561. The van der Waals surface area contributed by atoms with Gasteiger partial charge in [0.1, 0.15) is 6.07 Å². The van der Waals surface area contributed by atoms with Gasteiger partial charge in [0.2, 0.25) is 0 Å². The van der Waals surface area contributed by atoms with Crippen LogP contribution < -0.4 is 5.32 Å². The summed E-state index contributed by atoms with van der Waals surface area (Å²) in [6.07, 6.45) is 6.84. The first kappa shape index (κ1) is 8.63. The highest BCUT2D eigenvalue weighted by atomic mass is 15.0. The number of allylic oxidation sites excluding steroid dienone is 1. The zero-order chi connectivity index (χ0) is 10.3. The van der Waals surface area contributed by atoms with Crippen LogP contribution in [0.2, 0.25) is 0 Å². The number of rotatable bonds is 1. The fourth-order valence-electron chi connectivity index (χ4n) is 2.27. The molecule has 0 bridgehead atoms. The van der Waals surface area contributed by atoms with Crippen molar-refractivity contribution in [2.24, 2.45) is 5.92 Å². The van der Waals surface area contributed by atoms with Crippen LogP contribution in [0, 0.1) is 17.2 Å². The van der Waals surface area contributed by atoms with Gasteiger partial charge in [0.05, 0.1) is 5.56 Å². The third kappa shape index (κ3) is 1.34. The maximum absolute atomic E-state index is 8.80. The van der Waals surface area contributed by atoms with E-state index in [1.54, 1.807) is 6.20 Å². The highest BCUT2D eigenvalue weighted by Gasteiger charge is 2.34. The largest absolute Gasteiger partial charge is 0.310 e. The Labute approximate surface area is 88.4 Å². The van der Waals surface area contributed by atoms with Crippen LogP contribution >= 0.6 is 0 Å². The van der Waals surface area contributed by atoms with Crippen LogP contribution in [0.25, 0.3) is 5.57 Å². The molecule has 0 saturated carbocycles. The maximum atomic E-state index is 8.80. The molecule has 2 heterocycles. The first-order valence-electron chi connectivity index (χ1n) is 5.16. The Morgan fingerprint density at radius 3 is 3.00 bits per heavy atom. The molecule has 1 aromatic heterocycles. The average molecular weight is 197 g/mol. The third-order valence-corrected chi connectivity index (χ3v) is 3.22. The Morgan fingerprint density at radius 2 is 2.40 bits per heavy atom. The molecule has 3 nitrogen and oxygen atoms in total. The zero-order valence-electron chi connectivity index (χ0n) is 8.27. The monoisotopic (exact) mass is 197 g/mol. The lowest BCUT2D eigenvalue weighted by Gasteiger charge is -2.31. The second-order valence-corrected chi connectivity index (χ2v) is 4.16. The van der Waals surface area contributed by atoms with E-state index >= 15 is 0 Å². The molecule has 0 aromatic carbocycles. The highest BCUT2D eigenvalue weighted by Crippen LogP contribution is 2.36. The molecule has 1 saturated heterocycles. The van der Waals surface area contributed by atoms with Gasteiger partial charge in [-0.05, 0) is 29.5 Å². The number of nitrogens with zero attached hydrogens (tertiary/aromatic N) is 2. The molecule has 1 fully saturated rings. The Bertz CT molecular complexity index is 470. The SMILES string of the molecule is N#Cc1cncc(C2=CC3NCC3C2)c1. The van der Waals surface area contributed by atoms with Gasteiger partial charge in [-0.2, -0.15) is 5.26 Å². The number of hydrogen-bond donors (Lipinski definition) is 1. The van der Waals surface area contributed by atoms with E-state index in [4.69, 9.17) is 5.26 Å². The average Bonchev–Trinajstić information content (AvgIpc) is 2.55. The molecule has 1 N–H and O–H groups in total. The molecule has 2 unspecified atom stereocenters. The summed E-state index contributed by atoms with van der Waals surface area (Å²) in [6, 6.07) is 4.60. The lowest BCUT2D eigenvalue weighted by atomic mass is 9.93. The van der Waals surface area contributed by atoms with Gasteiger partial charge in [-0.15, -0.1) is 0 Å². The third-order valence-electron chi connectivity index (χ3n) is 3.22. The van der Waals surface area contributed by atoms with Gasteiger partial charge in [0.15, 0.2) is 0 Å². The summed E-state index contributed by atoms with van der Waals surface area (Å²) < 4.78 is 0. The highest BCUT2D eigenvalue weighted by molar-refractivity contribution is 5.69. The number of nitrogens with one attached hydrogen (secondary N) is 1. The molecule has 3 rings (SSSR count). The first-order valence-corrected chi connectivity index (χ1v) is 5.16. The van der Waals surface area contributed by atoms with Crippen molar-refractivity contribution in [2.45, 2.75) is 12.5 Å². The molecule has 1 aliphatic heterocycles. The molecular weight excluding hydrogens is 186 g/mol. The van der Waals surface area contributed by atoms with Crippen LogP contribution in [0.3, 0.4) is 0 Å². The van der Waals surface area contributed by atoms with Gasteiger partial charge in [0, 0.05) is 25.0 Å². The zero-order valence-corrected chi connectivity index (χ0v) is 8.27. The Kier molecular flexibility index (Phi) is 1.83. The summed E-state index contributed by atoms with van der Waals surface area (Å²) in [5, 5.41) is 12.2. The first-order chi connectivity index (χ1) is 7.36. The summed E-state index contributed by atoms with van der Waals surface area (Å²) in [7, 11) is 0. The molecule has 1 aromatic rings. The van der Waals surface area contributed by atoms with Crippen molar-refractivity contribution in [3.63, 3.8) is 0 Å². The van der Waals surface area contributed by atoms with E-state index in [9.17, 15) is 0 Å². The van der Waals surface area contributed by atoms with Crippen molar-refractivity contribution < 1.29 is 0 Å². The van der Waals surface area contributed by atoms with Crippen LogP contribution in [-0.2, 0) is 0 Å². The van der Waals surface area contributed by atoms with Gasteiger partial charge in [0.25, 0.3) is 0 Å². The van der Waals surface area contributed by atoms with E-state index < -0.39 is 0 Å². The summed E-state index contributed by atoms with van der Waals surface area (Å²) in [5.74, 6) is 0.769. The van der Waals surface area contributed by atoms with Crippen LogP contribution in [0.4, 0.5) is 0 Å². The van der Waals surface area contributed by atoms with Gasteiger partial charge in [-0.25, -0.2) is 0 Å². The lowest BCUT2D eigenvalue weighted by molar-refractivity contribution is 0.301. The van der Waals surface area contributed by atoms with Gasteiger partial charge in [-0.3, -0.25) is 4.98 Å². The normalized spacial score (nSPS) is 27.5. The molecule has 0 spiro atoms. The Hall–Kier alpha value is -1.66. The second kappa shape index (κ2) is 3.18. The molecule has 1 aliphatic carbocycles. The van der Waals surface area contributed by atoms with E-state index in [1.807, 2.05) is 12.3 Å². The van der Waals surface area contributed by atoms with E-state index in [0.717, 1.165) is 24.4 Å². The van der Waals surface area contributed by atoms with Gasteiger partial charge >= 0.3 is 0 Å². The molecule has 0 amide bonds. The predicted octanol–water partition coefficient (Wildman–Crippen LogP) is 1.33. The maximum Gasteiger partial charge on any atom is 0.101 e. The summed E-state index contributed by atoms with van der Waals surface area (Å²) >= 11 is 0. The van der Waals surface area contributed by atoms with Crippen molar-refractivity contribution in [1.29, 1.82) is 5.26 Å². The smallest absolute Gasteiger partial charge is 0.101 e.